The quantitative estimate of drug-likeness (QED) is 0.782. The number of likely N-dealkylation sites (tertiary alicyclic amines) is 1. The van der Waals surface area contributed by atoms with E-state index in [9.17, 15) is 5.11 Å². The van der Waals surface area contributed by atoms with Gasteiger partial charge >= 0.3 is 0 Å². The lowest BCUT2D eigenvalue weighted by molar-refractivity contribution is 0.108. The summed E-state index contributed by atoms with van der Waals surface area (Å²) in [7, 11) is 0. The number of aliphatic hydroxyl groups is 1. The molecule has 0 amide bonds. The maximum absolute atomic E-state index is 9.71. The van der Waals surface area contributed by atoms with Gasteiger partial charge in [-0.2, -0.15) is 0 Å². The van der Waals surface area contributed by atoms with Crippen molar-refractivity contribution in [2.45, 2.75) is 82.1 Å². The highest BCUT2D eigenvalue weighted by atomic mass is 16.3. The van der Waals surface area contributed by atoms with Crippen LogP contribution >= 0.6 is 0 Å². The van der Waals surface area contributed by atoms with Gasteiger partial charge in [-0.1, -0.05) is 0 Å². The van der Waals surface area contributed by atoms with E-state index < -0.39 is 0 Å². The molecule has 3 aliphatic rings. The summed E-state index contributed by atoms with van der Waals surface area (Å²) >= 11 is 0. The van der Waals surface area contributed by atoms with Gasteiger partial charge in [-0.25, -0.2) is 0 Å². The SMILES string of the molecule is CC1CC(NC2CCCC(O)C2)CN1C1CC1. The van der Waals surface area contributed by atoms with E-state index in [1.165, 1.54) is 38.6 Å². The lowest BCUT2D eigenvalue weighted by Crippen LogP contribution is -2.43. The van der Waals surface area contributed by atoms with Crippen molar-refractivity contribution in [3.8, 4) is 0 Å². The Labute approximate surface area is 105 Å². The van der Waals surface area contributed by atoms with Crippen LogP contribution in [0.1, 0.15) is 51.9 Å². The third kappa shape index (κ3) is 2.83. The van der Waals surface area contributed by atoms with Gasteiger partial charge in [0.2, 0.25) is 0 Å². The van der Waals surface area contributed by atoms with Gasteiger partial charge in [0.1, 0.15) is 0 Å². The summed E-state index contributed by atoms with van der Waals surface area (Å²) in [5.41, 5.74) is 0. The molecule has 17 heavy (non-hydrogen) atoms. The fourth-order valence-corrected chi connectivity index (χ4v) is 3.74. The Kier molecular flexibility index (Phi) is 3.42. The summed E-state index contributed by atoms with van der Waals surface area (Å²) in [6, 6.07) is 2.89. The normalized spacial score (nSPS) is 44.1. The van der Waals surface area contributed by atoms with Crippen LogP contribution in [0, 0.1) is 0 Å². The van der Waals surface area contributed by atoms with Gasteiger partial charge in [0.15, 0.2) is 0 Å². The number of hydrogen-bond donors (Lipinski definition) is 2. The van der Waals surface area contributed by atoms with E-state index >= 15 is 0 Å². The van der Waals surface area contributed by atoms with Crippen LogP contribution in [0.25, 0.3) is 0 Å². The molecule has 2 saturated carbocycles. The number of hydrogen-bond acceptors (Lipinski definition) is 3. The van der Waals surface area contributed by atoms with Crippen molar-refractivity contribution in [1.29, 1.82) is 0 Å². The highest BCUT2D eigenvalue weighted by Crippen LogP contribution is 2.33. The molecule has 1 aliphatic heterocycles. The van der Waals surface area contributed by atoms with Gasteiger partial charge in [-0.15, -0.1) is 0 Å². The van der Waals surface area contributed by atoms with Gasteiger partial charge in [-0.05, 0) is 51.9 Å². The molecule has 2 N–H and O–H groups in total. The van der Waals surface area contributed by atoms with Crippen molar-refractivity contribution in [2.24, 2.45) is 0 Å². The van der Waals surface area contributed by atoms with Crippen LogP contribution in [-0.4, -0.2) is 46.8 Å². The first kappa shape index (κ1) is 11.9. The number of rotatable bonds is 3. The molecule has 4 unspecified atom stereocenters. The molecule has 1 saturated heterocycles. The van der Waals surface area contributed by atoms with E-state index in [1.54, 1.807) is 0 Å². The number of aliphatic hydroxyl groups excluding tert-OH is 1. The van der Waals surface area contributed by atoms with Gasteiger partial charge in [0, 0.05) is 30.7 Å². The van der Waals surface area contributed by atoms with Crippen LogP contribution in [-0.2, 0) is 0 Å². The second kappa shape index (κ2) is 4.87. The van der Waals surface area contributed by atoms with Crippen LogP contribution < -0.4 is 5.32 Å². The summed E-state index contributed by atoms with van der Waals surface area (Å²) < 4.78 is 0. The highest BCUT2D eigenvalue weighted by molar-refractivity contribution is 4.97. The molecule has 3 heteroatoms. The van der Waals surface area contributed by atoms with Crippen molar-refractivity contribution in [3.63, 3.8) is 0 Å². The summed E-state index contributed by atoms with van der Waals surface area (Å²) in [6.45, 7) is 3.61. The van der Waals surface area contributed by atoms with Crippen molar-refractivity contribution in [2.75, 3.05) is 6.54 Å². The predicted octanol–water partition coefficient (Wildman–Crippen LogP) is 1.50. The summed E-state index contributed by atoms with van der Waals surface area (Å²) in [4.78, 5) is 2.69. The first-order chi connectivity index (χ1) is 8.22. The van der Waals surface area contributed by atoms with E-state index in [0.29, 0.717) is 12.1 Å². The standard InChI is InChI=1S/C14H26N2O/c1-10-7-12(9-16(10)13-5-6-13)15-11-3-2-4-14(17)8-11/h10-15,17H,2-9H2,1H3. The summed E-state index contributed by atoms with van der Waals surface area (Å²) in [5.74, 6) is 0. The fourth-order valence-electron chi connectivity index (χ4n) is 3.74. The van der Waals surface area contributed by atoms with Gasteiger partial charge in [0.05, 0.1) is 6.10 Å². The minimum atomic E-state index is -0.0559. The summed E-state index contributed by atoms with van der Waals surface area (Å²) in [5, 5.41) is 13.5. The number of nitrogens with one attached hydrogen (secondary N) is 1. The Morgan fingerprint density at radius 1 is 1.06 bits per heavy atom. The zero-order valence-electron chi connectivity index (χ0n) is 10.9. The van der Waals surface area contributed by atoms with Gasteiger partial charge in [-0.3, -0.25) is 4.90 Å². The van der Waals surface area contributed by atoms with E-state index in [1.807, 2.05) is 0 Å². The topological polar surface area (TPSA) is 35.5 Å². The zero-order valence-corrected chi connectivity index (χ0v) is 10.9. The molecule has 98 valence electrons. The highest BCUT2D eigenvalue weighted by Gasteiger charge is 2.39. The van der Waals surface area contributed by atoms with Crippen LogP contribution in [0.2, 0.25) is 0 Å². The molecule has 0 bridgehead atoms. The second-order valence-electron chi connectivity index (χ2n) is 6.39. The molecule has 0 aromatic carbocycles. The largest absolute Gasteiger partial charge is 0.393 e. The van der Waals surface area contributed by atoms with E-state index in [-0.39, 0.29) is 6.10 Å². The molecule has 0 aromatic rings. The van der Waals surface area contributed by atoms with E-state index in [4.69, 9.17) is 0 Å². The summed E-state index contributed by atoms with van der Waals surface area (Å²) in [6.07, 6.45) is 8.49. The van der Waals surface area contributed by atoms with Gasteiger partial charge < -0.3 is 10.4 Å². The zero-order chi connectivity index (χ0) is 11.8. The van der Waals surface area contributed by atoms with Crippen molar-refractivity contribution >= 4 is 0 Å². The molecule has 0 aromatic heterocycles. The first-order valence-corrected chi connectivity index (χ1v) is 7.42. The monoisotopic (exact) mass is 238 g/mol. The predicted molar refractivity (Wildman–Crippen MR) is 69.0 cm³/mol. The first-order valence-electron chi connectivity index (χ1n) is 7.42. The molecule has 4 atom stereocenters. The lowest BCUT2D eigenvalue weighted by Gasteiger charge is -2.29. The minimum Gasteiger partial charge on any atom is -0.393 e. The Balaban J connectivity index is 1.49. The second-order valence-corrected chi connectivity index (χ2v) is 6.39. The molecule has 3 fully saturated rings. The molecule has 1 heterocycles. The van der Waals surface area contributed by atoms with Crippen molar-refractivity contribution in [3.05, 3.63) is 0 Å². The Morgan fingerprint density at radius 3 is 2.59 bits per heavy atom. The molecular formula is C14H26N2O. The Morgan fingerprint density at radius 2 is 1.88 bits per heavy atom. The third-order valence-corrected chi connectivity index (χ3v) is 4.76. The lowest BCUT2D eigenvalue weighted by atomic mass is 9.92. The minimum absolute atomic E-state index is 0.0559. The van der Waals surface area contributed by atoms with Crippen LogP contribution in [0.3, 0.4) is 0 Å². The third-order valence-electron chi connectivity index (χ3n) is 4.76. The molecule has 0 radical (unpaired) electrons. The van der Waals surface area contributed by atoms with Crippen LogP contribution in [0.5, 0.6) is 0 Å². The van der Waals surface area contributed by atoms with Gasteiger partial charge in [0.25, 0.3) is 0 Å². The Hall–Kier alpha value is -0.120. The van der Waals surface area contributed by atoms with Crippen LogP contribution in [0.4, 0.5) is 0 Å². The Bertz CT molecular complexity index is 267. The smallest absolute Gasteiger partial charge is 0.0555 e. The van der Waals surface area contributed by atoms with Crippen LogP contribution in [0.15, 0.2) is 0 Å². The van der Waals surface area contributed by atoms with E-state index in [2.05, 4.69) is 17.1 Å². The van der Waals surface area contributed by atoms with E-state index in [0.717, 1.165) is 24.9 Å². The average molecular weight is 238 g/mol. The van der Waals surface area contributed by atoms with Crippen molar-refractivity contribution in [1.82, 2.24) is 10.2 Å². The molecule has 3 nitrogen and oxygen atoms in total. The molecule has 2 aliphatic carbocycles. The molecular weight excluding hydrogens is 212 g/mol. The molecule has 0 spiro atoms. The fraction of sp³-hybridized carbons (Fsp3) is 1.00. The maximum atomic E-state index is 9.71. The number of nitrogens with zero attached hydrogens (tertiary/aromatic N) is 1. The average Bonchev–Trinajstić information content (AvgIpc) is 3.04. The molecule has 3 rings (SSSR count). The maximum Gasteiger partial charge on any atom is 0.0555 e. The van der Waals surface area contributed by atoms with Crippen molar-refractivity contribution < 1.29 is 5.11 Å².